The number of aryl methyl sites for hydroxylation is 2. The number of anilines is 1. The second-order valence-electron chi connectivity index (χ2n) is 8.34. The first kappa shape index (κ1) is 25.2. The molecule has 0 aliphatic heterocycles. The minimum Gasteiger partial charge on any atom is -0.481 e. The number of hydrogen-bond acceptors (Lipinski definition) is 5. The average molecular weight is 474 g/mol. The molecule has 0 unspecified atom stereocenters. The monoisotopic (exact) mass is 473 g/mol. The number of benzene rings is 2. The first-order valence-corrected chi connectivity index (χ1v) is 11.1. The third-order valence-corrected chi connectivity index (χ3v) is 5.61. The molecular formula is C27H27N3O5. The Hall–Kier alpha value is -4.38. The molecular weight excluding hydrogens is 446 g/mol. The number of terminal acetylenes is 1. The molecule has 0 saturated heterocycles. The minimum atomic E-state index is -1.29. The van der Waals surface area contributed by atoms with E-state index in [1.54, 1.807) is 24.3 Å². The Morgan fingerprint density at radius 3 is 2.43 bits per heavy atom. The summed E-state index contributed by atoms with van der Waals surface area (Å²) in [6.07, 6.45) is 5.04. The molecule has 3 N–H and O–H groups in total. The lowest BCUT2D eigenvalue weighted by molar-refractivity contribution is -0.140. The normalized spacial score (nSPS) is 11.5. The van der Waals surface area contributed by atoms with Gasteiger partial charge in [0.05, 0.1) is 12.1 Å². The zero-order chi connectivity index (χ0) is 25.5. The van der Waals surface area contributed by atoms with Crippen LogP contribution in [0.4, 0.5) is 5.69 Å². The lowest BCUT2D eigenvalue weighted by Gasteiger charge is -2.23. The van der Waals surface area contributed by atoms with Gasteiger partial charge >= 0.3 is 11.9 Å². The first-order valence-electron chi connectivity index (χ1n) is 11.1. The van der Waals surface area contributed by atoms with Crippen molar-refractivity contribution in [2.24, 2.45) is 0 Å². The minimum absolute atomic E-state index is 0.204. The van der Waals surface area contributed by atoms with E-state index in [1.807, 2.05) is 30.0 Å². The summed E-state index contributed by atoms with van der Waals surface area (Å²) in [5.74, 6) is -0.342. The SMILES string of the molecule is C#CCN(Cc1ccc2nc(C)cc(C)c2c1)c1ccc(C(=O)N[C@@H](CCC(=O)O)C(=O)O)cc1. The van der Waals surface area contributed by atoms with Crippen molar-refractivity contribution < 1.29 is 24.6 Å². The van der Waals surface area contributed by atoms with Gasteiger partial charge in [-0.25, -0.2) is 4.79 Å². The molecule has 3 aromatic rings. The van der Waals surface area contributed by atoms with Crippen LogP contribution in [0, 0.1) is 26.2 Å². The standard InChI is InChI=1S/C27H27N3O5/c1-4-13-30(16-19-5-10-23-22(15-19)17(2)14-18(3)28-23)21-8-6-20(7-9-21)26(33)29-24(27(34)35)11-12-25(31)32/h1,5-10,14-15,24H,11-13,16H2,2-3H3,(H,29,33)(H,31,32)(H,34,35)/t24-/m0/s1. The predicted octanol–water partition coefficient (Wildman–Crippen LogP) is 3.54. The van der Waals surface area contributed by atoms with Gasteiger partial charge in [-0.1, -0.05) is 12.0 Å². The van der Waals surface area contributed by atoms with Crippen LogP contribution in [0.2, 0.25) is 0 Å². The fourth-order valence-electron chi connectivity index (χ4n) is 3.87. The van der Waals surface area contributed by atoms with Crippen LogP contribution >= 0.6 is 0 Å². The molecule has 0 aliphatic carbocycles. The Labute approximate surface area is 203 Å². The number of aliphatic carboxylic acids is 2. The zero-order valence-electron chi connectivity index (χ0n) is 19.6. The van der Waals surface area contributed by atoms with Gasteiger partial charge in [-0.2, -0.15) is 0 Å². The van der Waals surface area contributed by atoms with Crippen LogP contribution in [0.3, 0.4) is 0 Å². The highest BCUT2D eigenvalue weighted by atomic mass is 16.4. The Morgan fingerprint density at radius 1 is 1.09 bits per heavy atom. The van der Waals surface area contributed by atoms with E-state index >= 15 is 0 Å². The van der Waals surface area contributed by atoms with E-state index in [0.717, 1.165) is 33.4 Å². The third kappa shape index (κ3) is 6.58. The number of carboxylic acids is 2. The zero-order valence-corrected chi connectivity index (χ0v) is 19.6. The van der Waals surface area contributed by atoms with Crippen LogP contribution in [-0.2, 0) is 16.1 Å². The van der Waals surface area contributed by atoms with E-state index in [0.29, 0.717) is 13.1 Å². The number of hydrogen-bond donors (Lipinski definition) is 3. The third-order valence-electron chi connectivity index (χ3n) is 5.61. The predicted molar refractivity (Wildman–Crippen MR) is 133 cm³/mol. The molecule has 35 heavy (non-hydrogen) atoms. The summed E-state index contributed by atoms with van der Waals surface area (Å²) in [5.41, 5.74) is 5.19. The van der Waals surface area contributed by atoms with Gasteiger partial charge in [0.25, 0.3) is 5.91 Å². The molecule has 0 fully saturated rings. The molecule has 1 amide bonds. The molecule has 0 saturated carbocycles. The Kier molecular flexibility index (Phi) is 8.05. The number of carbonyl (C=O) groups is 3. The van der Waals surface area contributed by atoms with Crippen LogP contribution in [0.1, 0.15) is 40.0 Å². The Morgan fingerprint density at radius 2 is 1.80 bits per heavy atom. The van der Waals surface area contributed by atoms with Crippen molar-refractivity contribution >= 4 is 34.4 Å². The van der Waals surface area contributed by atoms with Gasteiger partial charge in [0.15, 0.2) is 0 Å². The molecule has 0 spiro atoms. The maximum atomic E-state index is 12.5. The molecule has 8 heteroatoms. The first-order chi connectivity index (χ1) is 16.7. The maximum absolute atomic E-state index is 12.5. The van der Waals surface area contributed by atoms with E-state index in [-0.39, 0.29) is 18.4 Å². The molecule has 0 radical (unpaired) electrons. The summed E-state index contributed by atoms with van der Waals surface area (Å²) >= 11 is 0. The Bertz CT molecular complexity index is 1290. The van der Waals surface area contributed by atoms with Gasteiger partial charge in [-0.3, -0.25) is 14.6 Å². The fraction of sp³-hybridized carbons (Fsp3) is 0.259. The van der Waals surface area contributed by atoms with E-state index < -0.39 is 23.9 Å². The summed E-state index contributed by atoms with van der Waals surface area (Å²) in [6, 6.07) is 13.5. The lowest BCUT2D eigenvalue weighted by Crippen LogP contribution is -2.41. The van der Waals surface area contributed by atoms with Crippen molar-refractivity contribution in [3.8, 4) is 12.3 Å². The van der Waals surface area contributed by atoms with Crippen LogP contribution in [0.15, 0.2) is 48.5 Å². The van der Waals surface area contributed by atoms with E-state index in [9.17, 15) is 19.5 Å². The van der Waals surface area contributed by atoms with Crippen molar-refractivity contribution in [1.82, 2.24) is 10.3 Å². The largest absolute Gasteiger partial charge is 0.481 e. The van der Waals surface area contributed by atoms with E-state index in [2.05, 4.69) is 29.2 Å². The molecule has 180 valence electrons. The molecule has 1 heterocycles. The lowest BCUT2D eigenvalue weighted by atomic mass is 10.1. The number of amides is 1. The summed E-state index contributed by atoms with van der Waals surface area (Å²) in [4.78, 5) is 41.2. The number of fused-ring (bicyclic) bond motifs is 1. The van der Waals surface area contributed by atoms with E-state index in [1.165, 1.54) is 0 Å². The summed E-state index contributed by atoms with van der Waals surface area (Å²) < 4.78 is 0. The highest BCUT2D eigenvalue weighted by molar-refractivity contribution is 5.97. The van der Waals surface area contributed by atoms with Gasteiger partial charge in [0.2, 0.25) is 0 Å². The number of pyridine rings is 1. The fourth-order valence-corrected chi connectivity index (χ4v) is 3.87. The van der Waals surface area contributed by atoms with Gasteiger partial charge in [0.1, 0.15) is 6.04 Å². The van der Waals surface area contributed by atoms with Gasteiger partial charge in [0, 0.05) is 35.3 Å². The molecule has 1 aromatic heterocycles. The maximum Gasteiger partial charge on any atom is 0.326 e. The summed E-state index contributed by atoms with van der Waals surface area (Å²) in [5, 5.41) is 21.5. The van der Waals surface area contributed by atoms with Crippen molar-refractivity contribution in [2.75, 3.05) is 11.4 Å². The average Bonchev–Trinajstić information content (AvgIpc) is 2.81. The Balaban J connectivity index is 1.76. The van der Waals surface area contributed by atoms with Crippen LogP contribution in [0.25, 0.3) is 10.9 Å². The van der Waals surface area contributed by atoms with Crippen molar-refractivity contribution in [3.63, 3.8) is 0 Å². The summed E-state index contributed by atoms with van der Waals surface area (Å²) in [6.45, 7) is 4.93. The van der Waals surface area contributed by atoms with Gasteiger partial charge in [-0.05, 0) is 73.9 Å². The molecule has 8 nitrogen and oxygen atoms in total. The number of rotatable bonds is 10. The van der Waals surface area contributed by atoms with Crippen molar-refractivity contribution in [2.45, 2.75) is 39.3 Å². The second kappa shape index (κ2) is 11.2. The number of nitrogens with zero attached hydrogens (tertiary/aromatic N) is 2. The highest BCUT2D eigenvalue weighted by Gasteiger charge is 2.21. The molecule has 3 rings (SSSR count). The molecule has 2 aromatic carbocycles. The number of carbonyl (C=O) groups excluding carboxylic acids is 1. The summed E-state index contributed by atoms with van der Waals surface area (Å²) in [7, 11) is 0. The van der Waals surface area contributed by atoms with Gasteiger partial charge < -0.3 is 20.4 Å². The molecule has 0 aliphatic rings. The van der Waals surface area contributed by atoms with Gasteiger partial charge in [-0.15, -0.1) is 6.42 Å². The smallest absolute Gasteiger partial charge is 0.326 e. The topological polar surface area (TPSA) is 120 Å². The number of nitrogens with one attached hydrogen (secondary N) is 1. The van der Waals surface area contributed by atoms with Crippen molar-refractivity contribution in [3.05, 3.63) is 70.9 Å². The van der Waals surface area contributed by atoms with Crippen LogP contribution in [0.5, 0.6) is 0 Å². The quantitative estimate of drug-likeness (QED) is 0.385. The van der Waals surface area contributed by atoms with Crippen molar-refractivity contribution in [1.29, 1.82) is 0 Å². The second-order valence-corrected chi connectivity index (χ2v) is 8.34. The van der Waals surface area contributed by atoms with Crippen LogP contribution in [-0.4, -0.2) is 45.6 Å². The number of aromatic nitrogens is 1. The molecule has 0 bridgehead atoms. The highest BCUT2D eigenvalue weighted by Crippen LogP contribution is 2.23. The molecule has 1 atom stereocenters. The van der Waals surface area contributed by atoms with E-state index in [4.69, 9.17) is 11.5 Å². The van der Waals surface area contributed by atoms with Crippen LogP contribution < -0.4 is 10.2 Å². The number of carboxylic acid groups (broad SMARTS) is 2.